The van der Waals surface area contributed by atoms with E-state index in [9.17, 15) is 4.79 Å². The quantitative estimate of drug-likeness (QED) is 0.618. The minimum atomic E-state index is -0.810. The number of hydrogen-bond acceptors (Lipinski definition) is 2. The SMILES string of the molecule is CCC(C(=O)O)C(C)(C)N. The lowest BCUT2D eigenvalue weighted by molar-refractivity contribution is -0.143. The molecule has 0 aromatic heterocycles. The molecule has 3 N–H and O–H groups in total. The van der Waals surface area contributed by atoms with E-state index in [-0.39, 0.29) is 0 Å². The molecule has 0 fully saturated rings. The maximum absolute atomic E-state index is 10.5. The third kappa shape index (κ3) is 2.35. The number of carbonyl (C=O) groups is 1. The highest BCUT2D eigenvalue weighted by Crippen LogP contribution is 2.16. The lowest BCUT2D eigenvalue weighted by Gasteiger charge is -2.25. The summed E-state index contributed by atoms with van der Waals surface area (Å²) in [5, 5.41) is 8.63. The van der Waals surface area contributed by atoms with Gasteiger partial charge in [-0.3, -0.25) is 4.79 Å². The van der Waals surface area contributed by atoms with Crippen molar-refractivity contribution in [3.05, 3.63) is 0 Å². The number of carboxylic acid groups (broad SMARTS) is 1. The van der Waals surface area contributed by atoms with Crippen LogP contribution in [0, 0.1) is 5.92 Å². The molecule has 60 valence electrons. The molecule has 0 aliphatic heterocycles. The zero-order valence-corrected chi connectivity index (χ0v) is 6.72. The third-order valence-corrected chi connectivity index (χ3v) is 1.60. The van der Waals surface area contributed by atoms with Gasteiger partial charge in [-0.2, -0.15) is 0 Å². The highest BCUT2D eigenvalue weighted by Gasteiger charge is 2.29. The highest BCUT2D eigenvalue weighted by atomic mass is 16.4. The topological polar surface area (TPSA) is 63.3 Å². The fourth-order valence-electron chi connectivity index (χ4n) is 1.02. The van der Waals surface area contributed by atoms with Gasteiger partial charge in [0, 0.05) is 5.54 Å². The predicted molar refractivity (Wildman–Crippen MR) is 39.7 cm³/mol. The molecule has 0 aliphatic carbocycles. The molecule has 0 aliphatic rings. The van der Waals surface area contributed by atoms with Gasteiger partial charge in [0.1, 0.15) is 0 Å². The van der Waals surface area contributed by atoms with Crippen LogP contribution in [0.1, 0.15) is 27.2 Å². The summed E-state index contributed by atoms with van der Waals surface area (Å²) in [6, 6.07) is 0. The Bertz CT molecular complexity index is 126. The Morgan fingerprint density at radius 2 is 2.10 bits per heavy atom. The fraction of sp³-hybridized carbons (Fsp3) is 0.857. The van der Waals surface area contributed by atoms with E-state index in [0.29, 0.717) is 6.42 Å². The van der Waals surface area contributed by atoms with Crippen molar-refractivity contribution in [3.8, 4) is 0 Å². The van der Waals surface area contributed by atoms with E-state index >= 15 is 0 Å². The average molecular weight is 145 g/mol. The molecule has 0 amide bonds. The Labute approximate surface area is 61.2 Å². The summed E-state index contributed by atoms with van der Waals surface area (Å²) in [7, 11) is 0. The van der Waals surface area contributed by atoms with E-state index in [0.717, 1.165) is 0 Å². The van der Waals surface area contributed by atoms with E-state index < -0.39 is 17.4 Å². The third-order valence-electron chi connectivity index (χ3n) is 1.60. The van der Waals surface area contributed by atoms with E-state index in [2.05, 4.69) is 0 Å². The van der Waals surface area contributed by atoms with Crippen LogP contribution in [-0.4, -0.2) is 16.6 Å². The van der Waals surface area contributed by atoms with Gasteiger partial charge in [-0.25, -0.2) is 0 Å². The number of rotatable bonds is 3. The number of nitrogens with two attached hydrogens (primary N) is 1. The standard InChI is InChI=1S/C7H15NO2/c1-4-5(6(9)10)7(2,3)8/h5H,4,8H2,1-3H3,(H,9,10). The summed E-state index contributed by atoms with van der Waals surface area (Å²) >= 11 is 0. The molecule has 0 radical (unpaired) electrons. The van der Waals surface area contributed by atoms with E-state index in [4.69, 9.17) is 10.8 Å². The van der Waals surface area contributed by atoms with Crippen LogP contribution in [0.15, 0.2) is 0 Å². The first-order valence-electron chi connectivity index (χ1n) is 3.41. The van der Waals surface area contributed by atoms with E-state index in [1.165, 1.54) is 0 Å². The van der Waals surface area contributed by atoms with Crippen LogP contribution >= 0.6 is 0 Å². The van der Waals surface area contributed by atoms with Crippen LogP contribution < -0.4 is 5.73 Å². The molecular formula is C7H15NO2. The summed E-state index contributed by atoms with van der Waals surface area (Å²) < 4.78 is 0. The summed E-state index contributed by atoms with van der Waals surface area (Å²) in [5.41, 5.74) is 5.00. The summed E-state index contributed by atoms with van der Waals surface area (Å²) in [4.78, 5) is 10.5. The zero-order valence-electron chi connectivity index (χ0n) is 6.72. The molecule has 0 saturated heterocycles. The molecule has 1 unspecified atom stereocenters. The van der Waals surface area contributed by atoms with Crippen LogP contribution in [0.4, 0.5) is 0 Å². The molecule has 10 heavy (non-hydrogen) atoms. The van der Waals surface area contributed by atoms with Gasteiger partial charge in [-0.05, 0) is 20.3 Å². The second-order valence-electron chi connectivity index (χ2n) is 3.12. The average Bonchev–Trinajstić information content (AvgIpc) is 1.60. The Morgan fingerprint density at radius 3 is 2.10 bits per heavy atom. The molecule has 3 nitrogen and oxygen atoms in total. The first-order chi connectivity index (χ1) is 4.39. The first kappa shape index (κ1) is 9.43. The van der Waals surface area contributed by atoms with Crippen LogP contribution in [0.3, 0.4) is 0 Å². The van der Waals surface area contributed by atoms with Gasteiger partial charge >= 0.3 is 5.97 Å². The molecule has 0 aromatic rings. The van der Waals surface area contributed by atoms with Crippen molar-refractivity contribution in [2.45, 2.75) is 32.7 Å². The van der Waals surface area contributed by atoms with Gasteiger partial charge < -0.3 is 10.8 Å². The van der Waals surface area contributed by atoms with Crippen molar-refractivity contribution in [1.29, 1.82) is 0 Å². The number of hydrogen-bond donors (Lipinski definition) is 2. The van der Waals surface area contributed by atoms with Crippen molar-refractivity contribution in [1.82, 2.24) is 0 Å². The molecule has 0 spiro atoms. The second kappa shape index (κ2) is 3.01. The smallest absolute Gasteiger partial charge is 0.308 e. The highest BCUT2D eigenvalue weighted by molar-refractivity contribution is 5.71. The first-order valence-corrected chi connectivity index (χ1v) is 3.41. The van der Waals surface area contributed by atoms with Crippen LogP contribution in [0.2, 0.25) is 0 Å². The molecule has 0 rings (SSSR count). The lowest BCUT2D eigenvalue weighted by atomic mass is 9.87. The molecular weight excluding hydrogens is 130 g/mol. The summed E-state index contributed by atoms with van der Waals surface area (Å²) in [6.45, 7) is 5.29. The van der Waals surface area contributed by atoms with Gasteiger partial charge in [-0.15, -0.1) is 0 Å². The van der Waals surface area contributed by atoms with Gasteiger partial charge in [0.2, 0.25) is 0 Å². The van der Waals surface area contributed by atoms with Gasteiger partial charge in [0.05, 0.1) is 5.92 Å². The Hall–Kier alpha value is -0.570. The van der Waals surface area contributed by atoms with Crippen molar-refractivity contribution in [2.75, 3.05) is 0 Å². The van der Waals surface area contributed by atoms with Gasteiger partial charge in [-0.1, -0.05) is 6.92 Å². The minimum Gasteiger partial charge on any atom is -0.481 e. The molecule has 0 saturated carbocycles. The van der Waals surface area contributed by atoms with Gasteiger partial charge in [0.15, 0.2) is 0 Å². The molecule has 0 aromatic carbocycles. The van der Waals surface area contributed by atoms with Crippen molar-refractivity contribution < 1.29 is 9.90 Å². The van der Waals surface area contributed by atoms with Crippen molar-refractivity contribution in [3.63, 3.8) is 0 Å². The Morgan fingerprint density at radius 1 is 1.70 bits per heavy atom. The van der Waals surface area contributed by atoms with Crippen molar-refractivity contribution >= 4 is 5.97 Å². The Balaban J connectivity index is 4.22. The van der Waals surface area contributed by atoms with Crippen LogP contribution in [-0.2, 0) is 4.79 Å². The fourth-order valence-corrected chi connectivity index (χ4v) is 1.02. The molecule has 0 bridgehead atoms. The summed E-state index contributed by atoms with van der Waals surface area (Å²) in [6.07, 6.45) is 0.582. The minimum absolute atomic E-state index is 0.438. The number of carboxylic acids is 1. The van der Waals surface area contributed by atoms with Gasteiger partial charge in [0.25, 0.3) is 0 Å². The molecule has 1 atom stereocenters. The van der Waals surface area contributed by atoms with Crippen molar-refractivity contribution in [2.24, 2.45) is 11.7 Å². The van der Waals surface area contributed by atoms with E-state index in [1.807, 2.05) is 6.92 Å². The van der Waals surface area contributed by atoms with Crippen LogP contribution in [0.25, 0.3) is 0 Å². The maximum atomic E-state index is 10.5. The number of aliphatic carboxylic acids is 1. The summed E-state index contributed by atoms with van der Waals surface area (Å²) in [5.74, 6) is -1.25. The normalized spacial score (nSPS) is 14.8. The largest absolute Gasteiger partial charge is 0.481 e. The lowest BCUT2D eigenvalue weighted by Crippen LogP contribution is -2.44. The maximum Gasteiger partial charge on any atom is 0.308 e. The zero-order chi connectivity index (χ0) is 8.36. The molecule has 0 heterocycles. The molecule has 3 heteroatoms. The van der Waals surface area contributed by atoms with E-state index in [1.54, 1.807) is 13.8 Å². The monoisotopic (exact) mass is 145 g/mol. The predicted octanol–water partition coefficient (Wildman–Crippen LogP) is 0.835. The second-order valence-corrected chi connectivity index (χ2v) is 3.12. The van der Waals surface area contributed by atoms with Crippen LogP contribution in [0.5, 0.6) is 0 Å². The Kier molecular flexibility index (Phi) is 2.84.